The van der Waals surface area contributed by atoms with E-state index < -0.39 is 0 Å². The molecule has 0 fully saturated rings. The molecule has 0 aliphatic carbocycles. The van der Waals surface area contributed by atoms with Gasteiger partial charge in [0.15, 0.2) is 0 Å². The van der Waals surface area contributed by atoms with Gasteiger partial charge < -0.3 is 16.8 Å². The molecule has 2 aromatic rings. The number of aromatic nitrogens is 3. The summed E-state index contributed by atoms with van der Waals surface area (Å²) < 4.78 is 1.02. The fraction of sp³-hybridized carbons (Fsp3) is 0.308. The van der Waals surface area contributed by atoms with Gasteiger partial charge in [0, 0.05) is 41.7 Å². The second-order valence-electron chi connectivity index (χ2n) is 4.57. The van der Waals surface area contributed by atoms with Crippen molar-refractivity contribution in [3.63, 3.8) is 0 Å². The van der Waals surface area contributed by atoms with Gasteiger partial charge in [0.2, 0.25) is 5.95 Å². The van der Waals surface area contributed by atoms with Gasteiger partial charge in [-0.05, 0) is 33.5 Å². The van der Waals surface area contributed by atoms with Gasteiger partial charge in [0.25, 0.3) is 0 Å². The zero-order valence-electron chi connectivity index (χ0n) is 11.2. The molecule has 106 valence electrons. The summed E-state index contributed by atoms with van der Waals surface area (Å²) in [4.78, 5) is 11.9. The third-order valence-electron chi connectivity index (χ3n) is 3.02. The Morgan fingerprint density at radius 1 is 1.35 bits per heavy atom. The Morgan fingerprint density at radius 3 is 2.85 bits per heavy atom. The van der Waals surface area contributed by atoms with Crippen LogP contribution in [0.4, 0.5) is 11.8 Å². The Morgan fingerprint density at radius 2 is 2.15 bits per heavy atom. The summed E-state index contributed by atoms with van der Waals surface area (Å²) in [5.41, 5.74) is 13.3. The minimum atomic E-state index is 0.195. The van der Waals surface area contributed by atoms with Crippen molar-refractivity contribution in [1.82, 2.24) is 20.3 Å². The van der Waals surface area contributed by atoms with Gasteiger partial charge in [-0.3, -0.25) is 4.98 Å². The van der Waals surface area contributed by atoms with Gasteiger partial charge in [0.05, 0.1) is 0 Å². The van der Waals surface area contributed by atoms with Gasteiger partial charge in [-0.2, -0.15) is 4.98 Å². The van der Waals surface area contributed by atoms with Crippen LogP contribution in [-0.4, -0.2) is 21.5 Å². The summed E-state index contributed by atoms with van der Waals surface area (Å²) in [6.07, 6.45) is 5.25. The molecular weight excluding hydrogens is 320 g/mol. The van der Waals surface area contributed by atoms with Crippen LogP contribution in [0.3, 0.4) is 0 Å². The molecule has 5 N–H and O–H groups in total. The van der Waals surface area contributed by atoms with Crippen LogP contribution in [0.5, 0.6) is 0 Å². The summed E-state index contributed by atoms with van der Waals surface area (Å²) in [5, 5.41) is 3.35. The molecule has 0 aliphatic heterocycles. The van der Waals surface area contributed by atoms with Gasteiger partial charge in [-0.1, -0.05) is 6.92 Å². The first-order chi connectivity index (χ1) is 9.58. The highest BCUT2D eigenvalue weighted by atomic mass is 79.9. The summed E-state index contributed by atoms with van der Waals surface area (Å²) in [6, 6.07) is 2.01. The van der Waals surface area contributed by atoms with E-state index in [2.05, 4.69) is 43.1 Å². The number of hydrogen-bond acceptors (Lipinski definition) is 6. The molecule has 1 unspecified atom stereocenters. The monoisotopic (exact) mass is 336 g/mol. The van der Waals surface area contributed by atoms with Crippen LogP contribution in [0.25, 0.3) is 0 Å². The molecule has 0 bridgehead atoms. The maximum Gasteiger partial charge on any atom is 0.221 e. The quantitative estimate of drug-likeness (QED) is 0.767. The summed E-state index contributed by atoms with van der Waals surface area (Å²) in [7, 11) is 0. The third kappa shape index (κ3) is 3.64. The van der Waals surface area contributed by atoms with Gasteiger partial charge in [-0.15, -0.1) is 0 Å². The molecule has 6 nitrogen and oxygen atoms in total. The second-order valence-corrected chi connectivity index (χ2v) is 5.42. The largest absolute Gasteiger partial charge is 0.383 e. The Bertz CT molecular complexity index is 589. The lowest BCUT2D eigenvalue weighted by atomic mass is 10.0. The minimum Gasteiger partial charge on any atom is -0.383 e. The van der Waals surface area contributed by atoms with Crippen LogP contribution in [-0.2, 0) is 6.54 Å². The maximum atomic E-state index is 5.79. The molecule has 0 aliphatic rings. The first-order valence-corrected chi connectivity index (χ1v) is 7.04. The van der Waals surface area contributed by atoms with Crippen molar-refractivity contribution < 1.29 is 0 Å². The first kappa shape index (κ1) is 14.7. The van der Waals surface area contributed by atoms with Crippen molar-refractivity contribution in [3.8, 4) is 0 Å². The van der Waals surface area contributed by atoms with E-state index in [1.807, 2.05) is 6.07 Å². The Hall–Kier alpha value is -1.73. The van der Waals surface area contributed by atoms with Gasteiger partial charge in [0.1, 0.15) is 5.82 Å². The molecule has 2 aromatic heterocycles. The highest BCUT2D eigenvalue weighted by molar-refractivity contribution is 9.10. The number of pyridine rings is 1. The normalized spacial score (nSPS) is 12.3. The molecule has 2 rings (SSSR count). The standard InChI is InChI=1S/C13H17BrN6/c1-8(10-2-3-17-7-11(10)14)4-18-5-9-6-19-13(16)20-12(9)15/h2-3,6-8,18H,4-5H2,1H3,(H4,15,16,19,20). The maximum absolute atomic E-state index is 5.79. The van der Waals surface area contributed by atoms with Crippen LogP contribution >= 0.6 is 15.9 Å². The summed E-state index contributed by atoms with van der Waals surface area (Å²) in [5.74, 6) is 0.964. The molecule has 0 radical (unpaired) electrons. The van der Waals surface area contributed by atoms with E-state index in [9.17, 15) is 0 Å². The average molecular weight is 337 g/mol. The van der Waals surface area contributed by atoms with Crippen LogP contribution in [0.1, 0.15) is 24.0 Å². The van der Waals surface area contributed by atoms with Crippen molar-refractivity contribution in [1.29, 1.82) is 0 Å². The van der Waals surface area contributed by atoms with E-state index in [0.717, 1.165) is 16.6 Å². The number of anilines is 2. The third-order valence-corrected chi connectivity index (χ3v) is 3.68. The topological polar surface area (TPSA) is 103 Å². The van der Waals surface area contributed by atoms with Crippen molar-refractivity contribution >= 4 is 27.7 Å². The van der Waals surface area contributed by atoms with Crippen molar-refractivity contribution in [3.05, 3.63) is 40.3 Å². The van der Waals surface area contributed by atoms with E-state index in [-0.39, 0.29) is 5.95 Å². The number of nitrogens with one attached hydrogen (secondary N) is 1. The number of nitrogens with two attached hydrogens (primary N) is 2. The van der Waals surface area contributed by atoms with E-state index in [1.165, 1.54) is 5.56 Å². The second kappa shape index (κ2) is 6.62. The minimum absolute atomic E-state index is 0.195. The lowest BCUT2D eigenvalue weighted by Crippen LogP contribution is -2.21. The van der Waals surface area contributed by atoms with Crippen LogP contribution in [0.2, 0.25) is 0 Å². The molecule has 7 heteroatoms. The molecule has 0 spiro atoms. The van der Waals surface area contributed by atoms with E-state index in [4.69, 9.17) is 11.5 Å². The first-order valence-electron chi connectivity index (χ1n) is 6.25. The van der Waals surface area contributed by atoms with Crippen LogP contribution in [0, 0.1) is 0 Å². The fourth-order valence-corrected chi connectivity index (χ4v) is 2.53. The molecule has 1 atom stereocenters. The molecule has 0 saturated carbocycles. The molecule has 20 heavy (non-hydrogen) atoms. The smallest absolute Gasteiger partial charge is 0.221 e. The molecular formula is C13H17BrN6. The SMILES string of the molecule is CC(CNCc1cnc(N)nc1N)c1ccncc1Br. The van der Waals surface area contributed by atoms with E-state index in [0.29, 0.717) is 18.3 Å². The van der Waals surface area contributed by atoms with Crippen molar-refractivity contribution in [2.75, 3.05) is 18.0 Å². The van der Waals surface area contributed by atoms with Gasteiger partial charge in [-0.25, -0.2) is 4.98 Å². The molecule has 0 aromatic carbocycles. The summed E-state index contributed by atoms with van der Waals surface area (Å²) in [6.45, 7) is 3.57. The highest BCUT2D eigenvalue weighted by Crippen LogP contribution is 2.23. The Balaban J connectivity index is 1.91. The molecule has 0 saturated heterocycles. The van der Waals surface area contributed by atoms with Crippen molar-refractivity contribution in [2.45, 2.75) is 19.4 Å². The lowest BCUT2D eigenvalue weighted by molar-refractivity contribution is 0.612. The summed E-state index contributed by atoms with van der Waals surface area (Å²) >= 11 is 3.51. The zero-order chi connectivity index (χ0) is 14.5. The van der Waals surface area contributed by atoms with Crippen LogP contribution in [0.15, 0.2) is 29.1 Å². The van der Waals surface area contributed by atoms with E-state index in [1.54, 1.807) is 18.6 Å². The predicted octanol–water partition coefficient (Wildman–Crippen LogP) is 1.69. The van der Waals surface area contributed by atoms with Crippen molar-refractivity contribution in [2.24, 2.45) is 0 Å². The Labute approximate surface area is 126 Å². The number of hydrogen-bond donors (Lipinski definition) is 3. The van der Waals surface area contributed by atoms with Gasteiger partial charge >= 0.3 is 0 Å². The zero-order valence-corrected chi connectivity index (χ0v) is 12.8. The fourth-order valence-electron chi connectivity index (χ4n) is 1.89. The van der Waals surface area contributed by atoms with E-state index >= 15 is 0 Å². The number of nitrogens with zero attached hydrogens (tertiary/aromatic N) is 3. The lowest BCUT2D eigenvalue weighted by Gasteiger charge is -2.14. The number of nitrogen functional groups attached to an aromatic ring is 2. The van der Waals surface area contributed by atoms with Crippen LogP contribution < -0.4 is 16.8 Å². The Kier molecular flexibility index (Phi) is 4.86. The number of halogens is 1. The molecule has 2 heterocycles. The predicted molar refractivity (Wildman–Crippen MR) is 82.9 cm³/mol. The number of rotatable bonds is 5. The average Bonchev–Trinajstić information content (AvgIpc) is 2.41. The highest BCUT2D eigenvalue weighted by Gasteiger charge is 2.09. The molecule has 0 amide bonds.